The molecule has 4 aromatic heterocycles. The molecule has 0 radical (unpaired) electrons. The van der Waals surface area contributed by atoms with Gasteiger partial charge in [0, 0.05) is 57.0 Å². The molecule has 0 aliphatic carbocycles. The number of tetrazole rings is 1. The predicted octanol–water partition coefficient (Wildman–Crippen LogP) is 2.57. The van der Waals surface area contributed by atoms with Gasteiger partial charge >= 0.3 is 0 Å². The Balaban J connectivity index is 0.879. The highest BCUT2D eigenvalue weighted by Gasteiger charge is 2.27. The minimum Gasteiger partial charge on any atom is -0.367 e. The topological polar surface area (TPSA) is 204 Å². The lowest BCUT2D eigenvalue weighted by molar-refractivity contribution is -0.132. The van der Waals surface area contributed by atoms with Gasteiger partial charge in [0.15, 0.2) is 17.1 Å². The number of nitrogens with zero attached hydrogens (tertiary/aromatic N) is 9. The van der Waals surface area contributed by atoms with Crippen molar-refractivity contribution < 1.29 is 14.3 Å². The van der Waals surface area contributed by atoms with Gasteiger partial charge in [-0.05, 0) is 88.4 Å². The maximum Gasteiger partial charge on any atom is 0.251 e. The van der Waals surface area contributed by atoms with Gasteiger partial charge in [-0.2, -0.15) is 10.5 Å². The number of ether oxygens (including phenoxy) is 2. The largest absolute Gasteiger partial charge is 0.367 e. The van der Waals surface area contributed by atoms with Gasteiger partial charge < -0.3 is 25.4 Å². The molecule has 16 nitrogen and oxygen atoms in total. The summed E-state index contributed by atoms with van der Waals surface area (Å²) in [5.41, 5.74) is 7.39. The van der Waals surface area contributed by atoms with E-state index in [2.05, 4.69) is 59.1 Å². The smallest absolute Gasteiger partial charge is 0.251 e. The van der Waals surface area contributed by atoms with Gasteiger partial charge in [0.05, 0.1) is 24.3 Å². The zero-order chi connectivity index (χ0) is 39.0. The number of nitrogens with one attached hydrogen (secondary N) is 4. The second-order valence-electron chi connectivity index (χ2n) is 14.3. The van der Waals surface area contributed by atoms with Crippen LogP contribution in [0.5, 0.6) is 0 Å². The molecule has 57 heavy (non-hydrogen) atoms. The van der Waals surface area contributed by atoms with E-state index in [9.17, 15) is 15.3 Å². The number of nitriles is 2. The third kappa shape index (κ3) is 9.13. The van der Waals surface area contributed by atoms with Gasteiger partial charge in [0.2, 0.25) is 0 Å². The number of hydrogen-bond donors (Lipinski definition) is 4. The van der Waals surface area contributed by atoms with E-state index in [0.29, 0.717) is 62.6 Å². The molecule has 2 aliphatic rings. The number of hydrogen-bond acceptors (Lipinski definition) is 13. The van der Waals surface area contributed by atoms with Crippen molar-refractivity contribution in [2.45, 2.75) is 56.1 Å². The van der Waals surface area contributed by atoms with Gasteiger partial charge in [-0.15, -0.1) is 15.3 Å². The maximum absolute atomic E-state index is 12.7. The molecule has 2 aliphatic heterocycles. The monoisotopic (exact) mass is 765 g/mol. The first kappa shape index (κ1) is 37.8. The van der Waals surface area contributed by atoms with Crippen molar-refractivity contribution in [2.24, 2.45) is 0 Å². The van der Waals surface area contributed by atoms with Crippen molar-refractivity contribution in [3.8, 4) is 34.4 Å². The fourth-order valence-electron chi connectivity index (χ4n) is 7.22. The second-order valence-corrected chi connectivity index (χ2v) is 14.3. The van der Waals surface area contributed by atoms with Gasteiger partial charge in [-0.3, -0.25) is 14.5 Å². The molecule has 6 heterocycles. The Hall–Kier alpha value is -6.14. The van der Waals surface area contributed by atoms with Crippen LogP contribution in [-0.2, 0) is 27.1 Å². The molecule has 4 N–H and O–H groups in total. The number of carbonyl (C=O) groups is 1. The summed E-state index contributed by atoms with van der Waals surface area (Å²) in [6, 6.07) is 27.5. The molecular weight excluding hydrogens is 723 g/mol. The summed E-state index contributed by atoms with van der Waals surface area (Å²) in [4.78, 5) is 12.7. The van der Waals surface area contributed by atoms with E-state index in [1.54, 1.807) is 4.52 Å². The van der Waals surface area contributed by atoms with E-state index in [1.165, 1.54) is 0 Å². The summed E-state index contributed by atoms with van der Waals surface area (Å²) >= 11 is 0. The fourth-order valence-corrected chi connectivity index (χ4v) is 7.22. The predicted molar refractivity (Wildman–Crippen MR) is 209 cm³/mol. The number of amides is 1. The third-order valence-electron chi connectivity index (χ3n) is 10.3. The lowest BCUT2D eigenvalue weighted by Gasteiger charge is -2.22. The van der Waals surface area contributed by atoms with Crippen LogP contribution < -0.4 is 21.3 Å². The fraction of sp³-hybridized carbons (Fsp3) is 0.366. The van der Waals surface area contributed by atoms with Crippen LogP contribution in [-0.4, -0.2) is 104 Å². The summed E-state index contributed by atoms with van der Waals surface area (Å²) < 4.78 is 15.9. The van der Waals surface area contributed by atoms with Gasteiger partial charge in [0.25, 0.3) is 5.91 Å². The molecule has 0 saturated carbocycles. The standard InChI is InChI=1S/C41H43N13O3/c42-20-33(18-27-2-8-30(9-3-27)32-11-13-39-49-51-52-54(39)26-32)46-23-35-22-45-16-14-36(57-35)40-50-48-38-12-10-31(25-53(38)40)29-6-4-28(5-7-29)19-34(21-43)47-41(55)37-24-44-15-1-17-56-37/h2-13,25-26,33-37,44-46H,1,14-19,22-24H2,(H,47,55)/t33-,34-,35?,36?,37-/m0/s1. The summed E-state index contributed by atoms with van der Waals surface area (Å²) in [5, 5.41) is 53.4. The summed E-state index contributed by atoms with van der Waals surface area (Å²) in [7, 11) is 0. The summed E-state index contributed by atoms with van der Waals surface area (Å²) in [5.74, 6) is 0.442. The highest BCUT2D eigenvalue weighted by molar-refractivity contribution is 5.81. The minimum absolute atomic E-state index is 0.196. The quantitative estimate of drug-likeness (QED) is 0.142. The van der Waals surface area contributed by atoms with Crippen LogP contribution in [0.15, 0.2) is 85.2 Å². The zero-order valence-corrected chi connectivity index (χ0v) is 31.3. The zero-order valence-electron chi connectivity index (χ0n) is 31.3. The average molecular weight is 766 g/mol. The van der Waals surface area contributed by atoms with Crippen molar-refractivity contribution in [1.82, 2.24) is 55.9 Å². The third-order valence-corrected chi connectivity index (χ3v) is 10.3. The van der Waals surface area contributed by atoms with Crippen molar-refractivity contribution in [2.75, 3.05) is 39.3 Å². The van der Waals surface area contributed by atoms with Crippen LogP contribution in [0.2, 0.25) is 0 Å². The van der Waals surface area contributed by atoms with E-state index in [0.717, 1.165) is 52.9 Å². The number of pyridine rings is 2. The van der Waals surface area contributed by atoms with Crippen LogP contribution in [0.25, 0.3) is 33.5 Å². The van der Waals surface area contributed by atoms with Crippen molar-refractivity contribution in [3.05, 3.63) is 102 Å². The molecule has 16 heteroatoms. The first-order valence-electron chi connectivity index (χ1n) is 19.3. The number of rotatable bonds is 12. The molecule has 2 saturated heterocycles. The molecule has 2 fully saturated rings. The Morgan fingerprint density at radius 2 is 1.49 bits per heavy atom. The molecule has 6 aromatic rings. The van der Waals surface area contributed by atoms with E-state index in [4.69, 9.17) is 9.47 Å². The van der Waals surface area contributed by atoms with Gasteiger partial charge in [-0.1, -0.05) is 48.5 Å². The molecule has 0 bridgehead atoms. The molecular formula is C41H43N13O3. The Morgan fingerprint density at radius 3 is 2.25 bits per heavy atom. The highest BCUT2D eigenvalue weighted by Crippen LogP contribution is 2.27. The maximum atomic E-state index is 12.7. The summed E-state index contributed by atoms with van der Waals surface area (Å²) in [6.45, 7) is 3.63. The normalized spacial score (nSPS) is 19.9. The Kier molecular flexibility index (Phi) is 11.8. The van der Waals surface area contributed by atoms with Crippen molar-refractivity contribution in [3.63, 3.8) is 0 Å². The number of carbonyl (C=O) groups excluding carboxylic acids is 1. The van der Waals surface area contributed by atoms with Gasteiger partial charge in [0.1, 0.15) is 18.2 Å². The number of benzene rings is 2. The van der Waals surface area contributed by atoms with E-state index < -0.39 is 18.2 Å². The Morgan fingerprint density at radius 1 is 0.807 bits per heavy atom. The Bertz CT molecular complexity index is 2370. The molecule has 5 atom stereocenters. The number of fused-ring (bicyclic) bond motifs is 2. The van der Waals surface area contributed by atoms with Gasteiger partial charge in [-0.25, -0.2) is 4.52 Å². The number of aromatic nitrogens is 7. The molecule has 1 amide bonds. The first-order valence-corrected chi connectivity index (χ1v) is 19.3. The molecule has 8 rings (SSSR count). The summed E-state index contributed by atoms with van der Waals surface area (Å²) in [6.07, 6.45) is 5.30. The van der Waals surface area contributed by atoms with Crippen LogP contribution in [0.1, 0.15) is 35.9 Å². The Labute approximate surface area is 329 Å². The van der Waals surface area contributed by atoms with Crippen molar-refractivity contribution in [1.29, 1.82) is 10.5 Å². The molecule has 2 unspecified atom stereocenters. The van der Waals surface area contributed by atoms with E-state index >= 15 is 0 Å². The lowest BCUT2D eigenvalue weighted by Crippen LogP contribution is -2.46. The van der Waals surface area contributed by atoms with Crippen LogP contribution in [0.4, 0.5) is 0 Å². The van der Waals surface area contributed by atoms with E-state index in [-0.39, 0.29) is 18.1 Å². The van der Waals surface area contributed by atoms with Crippen molar-refractivity contribution >= 4 is 17.2 Å². The second kappa shape index (κ2) is 17.8. The minimum atomic E-state index is -0.671. The van der Waals surface area contributed by atoms with Crippen LogP contribution >= 0.6 is 0 Å². The average Bonchev–Trinajstić information content (AvgIpc) is 3.71. The molecule has 2 aromatic carbocycles. The van der Waals surface area contributed by atoms with Crippen LogP contribution in [0.3, 0.4) is 0 Å². The van der Waals surface area contributed by atoms with E-state index in [1.807, 2.05) is 89.6 Å². The molecule has 290 valence electrons. The highest BCUT2D eigenvalue weighted by atomic mass is 16.5. The first-order chi connectivity index (χ1) is 28.0. The lowest BCUT2D eigenvalue weighted by atomic mass is 10.0. The van der Waals surface area contributed by atoms with Crippen LogP contribution in [0, 0.1) is 22.7 Å². The SMILES string of the molecule is N#C[C@H](Cc1ccc(-c2ccc3nnnn3c2)cc1)NCC1CNCCC(c2nnc3ccc(-c4ccc(C[C@@H](C#N)NC(=O)[C@@H]5CNCCCO5)cc4)cn23)O1. The molecule has 0 spiro atoms.